The summed E-state index contributed by atoms with van der Waals surface area (Å²) in [4.78, 5) is 25.9. The number of anilines is 2. The largest absolute Gasteiger partial charge is 0.396 e. The van der Waals surface area contributed by atoms with Crippen LogP contribution in [0.2, 0.25) is 0 Å². The molecule has 0 unspecified atom stereocenters. The summed E-state index contributed by atoms with van der Waals surface area (Å²) < 4.78 is 0. The number of amides is 2. The molecule has 0 atom stereocenters. The number of nitrogens with one attached hydrogen (secondary N) is 2. The van der Waals surface area contributed by atoms with Crippen LogP contribution < -0.4 is 15.5 Å². The molecule has 0 aromatic heterocycles. The number of rotatable bonds is 9. The number of aliphatic hydroxyl groups is 1. The molecule has 1 rings (SSSR count). The zero-order chi connectivity index (χ0) is 17.9. The Morgan fingerprint density at radius 1 is 1.08 bits per heavy atom. The maximum atomic E-state index is 11.9. The Labute approximate surface area is 144 Å². The second-order valence-corrected chi connectivity index (χ2v) is 5.67. The van der Waals surface area contributed by atoms with Crippen LogP contribution in [0.15, 0.2) is 18.2 Å². The Hall–Kier alpha value is -2.08. The van der Waals surface area contributed by atoms with Crippen LogP contribution in [-0.2, 0) is 9.59 Å². The van der Waals surface area contributed by atoms with Gasteiger partial charge in [-0.1, -0.05) is 0 Å². The van der Waals surface area contributed by atoms with Crippen molar-refractivity contribution in [2.75, 3.05) is 36.5 Å². The van der Waals surface area contributed by atoms with Gasteiger partial charge in [-0.15, -0.1) is 0 Å². The maximum Gasteiger partial charge on any atom is 0.313 e. The quantitative estimate of drug-likeness (QED) is 0.476. The molecule has 1 aromatic carbocycles. The van der Waals surface area contributed by atoms with E-state index < -0.39 is 11.8 Å². The summed E-state index contributed by atoms with van der Waals surface area (Å²) >= 11 is 0. The number of carbonyl (C=O) groups excluding carboxylic acids is 2. The lowest BCUT2D eigenvalue weighted by Gasteiger charge is -2.22. The first-order valence-corrected chi connectivity index (χ1v) is 8.59. The lowest BCUT2D eigenvalue weighted by molar-refractivity contribution is -0.136. The zero-order valence-corrected chi connectivity index (χ0v) is 14.9. The molecule has 0 bridgehead atoms. The predicted molar refractivity (Wildman–Crippen MR) is 97.3 cm³/mol. The Balaban J connectivity index is 2.56. The van der Waals surface area contributed by atoms with E-state index in [-0.39, 0.29) is 6.61 Å². The maximum absolute atomic E-state index is 11.9. The molecule has 24 heavy (non-hydrogen) atoms. The van der Waals surface area contributed by atoms with Gasteiger partial charge in [-0.25, -0.2) is 0 Å². The van der Waals surface area contributed by atoms with Gasteiger partial charge >= 0.3 is 11.8 Å². The molecular weight excluding hydrogens is 306 g/mol. The Morgan fingerprint density at radius 2 is 1.79 bits per heavy atom. The number of aryl methyl sites for hydroxylation is 1. The topological polar surface area (TPSA) is 81.7 Å². The third kappa shape index (κ3) is 6.20. The molecule has 1 aromatic rings. The summed E-state index contributed by atoms with van der Waals surface area (Å²) in [6, 6.07) is 5.78. The fraction of sp³-hybridized carbons (Fsp3) is 0.556. The van der Waals surface area contributed by atoms with Gasteiger partial charge < -0.3 is 20.6 Å². The molecule has 0 saturated carbocycles. The molecule has 0 saturated heterocycles. The minimum atomic E-state index is -0.657. The van der Waals surface area contributed by atoms with Crippen LogP contribution >= 0.6 is 0 Å². The van der Waals surface area contributed by atoms with E-state index in [1.165, 1.54) is 0 Å². The van der Waals surface area contributed by atoms with Crippen LogP contribution in [0.25, 0.3) is 0 Å². The van der Waals surface area contributed by atoms with Crippen molar-refractivity contribution in [2.45, 2.75) is 40.0 Å². The molecule has 3 N–H and O–H groups in total. The van der Waals surface area contributed by atoms with E-state index in [4.69, 9.17) is 5.11 Å². The van der Waals surface area contributed by atoms with Crippen LogP contribution in [-0.4, -0.2) is 43.2 Å². The summed E-state index contributed by atoms with van der Waals surface area (Å²) in [7, 11) is 0. The standard InChI is InChI=1S/C18H29N3O3/c1-4-21(5-2)15-9-10-16(14(3)13-15)20-18(24)17(23)19-11-7-6-8-12-22/h9-10,13,22H,4-8,11-12H2,1-3H3,(H,19,23)(H,20,24). The summed E-state index contributed by atoms with van der Waals surface area (Å²) in [5.41, 5.74) is 2.67. The van der Waals surface area contributed by atoms with Gasteiger partial charge in [-0.05, 0) is 63.8 Å². The molecule has 6 nitrogen and oxygen atoms in total. The summed E-state index contributed by atoms with van der Waals surface area (Å²) in [6.45, 7) is 8.53. The van der Waals surface area contributed by atoms with E-state index >= 15 is 0 Å². The highest BCUT2D eigenvalue weighted by Crippen LogP contribution is 2.22. The van der Waals surface area contributed by atoms with Crippen LogP contribution in [0, 0.1) is 6.92 Å². The highest BCUT2D eigenvalue weighted by molar-refractivity contribution is 6.39. The number of nitrogens with zero attached hydrogens (tertiary/aromatic N) is 1. The average Bonchev–Trinajstić information content (AvgIpc) is 2.57. The van der Waals surface area contributed by atoms with Gasteiger partial charge in [0.2, 0.25) is 0 Å². The van der Waals surface area contributed by atoms with Crippen molar-refractivity contribution in [1.82, 2.24) is 5.32 Å². The molecule has 0 fully saturated rings. The predicted octanol–water partition coefficient (Wildman–Crippen LogP) is 2.06. The zero-order valence-electron chi connectivity index (χ0n) is 14.9. The van der Waals surface area contributed by atoms with E-state index in [2.05, 4.69) is 29.4 Å². The lowest BCUT2D eigenvalue weighted by Crippen LogP contribution is -2.36. The summed E-state index contributed by atoms with van der Waals surface area (Å²) in [5, 5.41) is 13.9. The van der Waals surface area contributed by atoms with Crippen LogP contribution in [0.5, 0.6) is 0 Å². The minimum absolute atomic E-state index is 0.150. The Bertz CT molecular complexity index is 542. The fourth-order valence-corrected chi connectivity index (χ4v) is 2.45. The Morgan fingerprint density at radius 3 is 2.38 bits per heavy atom. The summed E-state index contributed by atoms with van der Waals surface area (Å²) in [6.07, 6.45) is 2.28. The number of unbranched alkanes of at least 4 members (excludes halogenated alkanes) is 2. The number of aliphatic hydroxyl groups excluding tert-OH is 1. The molecule has 6 heteroatoms. The third-order valence-corrected chi connectivity index (χ3v) is 3.91. The molecule has 134 valence electrons. The van der Waals surface area contributed by atoms with Gasteiger partial charge in [0.1, 0.15) is 0 Å². The van der Waals surface area contributed by atoms with Crippen molar-refractivity contribution < 1.29 is 14.7 Å². The second kappa shape index (κ2) is 10.6. The van der Waals surface area contributed by atoms with Gasteiger partial charge in [0.05, 0.1) is 0 Å². The first-order valence-electron chi connectivity index (χ1n) is 8.59. The number of carbonyl (C=O) groups is 2. The van der Waals surface area contributed by atoms with Crippen molar-refractivity contribution in [2.24, 2.45) is 0 Å². The van der Waals surface area contributed by atoms with E-state index in [9.17, 15) is 9.59 Å². The first-order chi connectivity index (χ1) is 11.5. The minimum Gasteiger partial charge on any atom is -0.396 e. The number of hydrogen-bond donors (Lipinski definition) is 3. The second-order valence-electron chi connectivity index (χ2n) is 5.67. The van der Waals surface area contributed by atoms with Gasteiger partial charge in [0.15, 0.2) is 0 Å². The first kappa shape index (κ1) is 20.0. The molecular formula is C18H29N3O3. The van der Waals surface area contributed by atoms with E-state index in [0.717, 1.165) is 37.2 Å². The molecule has 0 aliphatic heterocycles. The normalized spacial score (nSPS) is 10.3. The van der Waals surface area contributed by atoms with Crippen molar-refractivity contribution >= 4 is 23.2 Å². The molecule has 0 heterocycles. The van der Waals surface area contributed by atoms with E-state index in [1.807, 2.05) is 25.1 Å². The fourth-order valence-electron chi connectivity index (χ4n) is 2.45. The van der Waals surface area contributed by atoms with Crippen LogP contribution in [0.4, 0.5) is 11.4 Å². The highest BCUT2D eigenvalue weighted by atomic mass is 16.3. The Kier molecular flexibility index (Phi) is 8.86. The molecule has 0 aliphatic rings. The molecule has 0 spiro atoms. The van der Waals surface area contributed by atoms with Crippen LogP contribution in [0.1, 0.15) is 38.7 Å². The van der Waals surface area contributed by atoms with Crippen molar-refractivity contribution in [1.29, 1.82) is 0 Å². The average molecular weight is 335 g/mol. The van der Waals surface area contributed by atoms with E-state index in [1.54, 1.807) is 0 Å². The number of hydrogen-bond acceptors (Lipinski definition) is 4. The SMILES string of the molecule is CCN(CC)c1ccc(NC(=O)C(=O)NCCCCCO)c(C)c1. The third-order valence-electron chi connectivity index (χ3n) is 3.91. The van der Waals surface area contributed by atoms with Crippen molar-refractivity contribution in [3.63, 3.8) is 0 Å². The monoisotopic (exact) mass is 335 g/mol. The van der Waals surface area contributed by atoms with Gasteiger partial charge in [-0.3, -0.25) is 9.59 Å². The van der Waals surface area contributed by atoms with Crippen molar-refractivity contribution in [3.8, 4) is 0 Å². The van der Waals surface area contributed by atoms with Gasteiger partial charge in [-0.2, -0.15) is 0 Å². The van der Waals surface area contributed by atoms with Gasteiger partial charge in [0.25, 0.3) is 0 Å². The number of benzene rings is 1. The smallest absolute Gasteiger partial charge is 0.313 e. The summed E-state index contributed by atoms with van der Waals surface area (Å²) in [5.74, 6) is -1.29. The molecule has 0 radical (unpaired) electrons. The lowest BCUT2D eigenvalue weighted by atomic mass is 10.1. The van der Waals surface area contributed by atoms with Gasteiger partial charge in [0, 0.05) is 37.6 Å². The van der Waals surface area contributed by atoms with Crippen molar-refractivity contribution in [3.05, 3.63) is 23.8 Å². The highest BCUT2D eigenvalue weighted by Gasteiger charge is 2.14. The van der Waals surface area contributed by atoms with Crippen LogP contribution in [0.3, 0.4) is 0 Å². The molecule has 2 amide bonds. The molecule has 0 aliphatic carbocycles. The van der Waals surface area contributed by atoms with E-state index in [0.29, 0.717) is 18.7 Å².